The summed E-state index contributed by atoms with van der Waals surface area (Å²) in [6, 6.07) is 15.1. The highest BCUT2D eigenvalue weighted by Gasteiger charge is 2.10. The minimum absolute atomic E-state index is 0.00365. The van der Waals surface area contributed by atoms with Crippen LogP contribution in [0.1, 0.15) is 35.7 Å². The van der Waals surface area contributed by atoms with Gasteiger partial charge >= 0.3 is 0 Å². The van der Waals surface area contributed by atoms with Gasteiger partial charge in [-0.1, -0.05) is 48.5 Å². The van der Waals surface area contributed by atoms with Crippen molar-refractivity contribution in [2.75, 3.05) is 0 Å². The summed E-state index contributed by atoms with van der Waals surface area (Å²) in [5.74, 6) is 1.51. The van der Waals surface area contributed by atoms with Gasteiger partial charge in [0.2, 0.25) is 5.82 Å². The first-order valence-electron chi connectivity index (χ1n) is 7.81. The lowest BCUT2D eigenvalue weighted by Gasteiger charge is -2.04. The lowest BCUT2D eigenvalue weighted by molar-refractivity contribution is 0.101. The summed E-state index contributed by atoms with van der Waals surface area (Å²) in [5, 5.41) is 3.98. The molecule has 0 atom stereocenters. The second-order valence-electron chi connectivity index (χ2n) is 5.43. The van der Waals surface area contributed by atoms with Crippen molar-refractivity contribution in [2.24, 2.45) is 0 Å². The largest absolute Gasteiger partial charge is 0.484 e. The van der Waals surface area contributed by atoms with Crippen molar-refractivity contribution < 1.29 is 14.1 Å². The van der Waals surface area contributed by atoms with Crippen molar-refractivity contribution in [1.29, 1.82) is 0 Å². The molecule has 0 aliphatic heterocycles. The molecule has 0 unspecified atom stereocenters. The molecule has 0 spiro atoms. The molecular weight excluding hydrogens is 304 g/mol. The van der Waals surface area contributed by atoms with Crippen LogP contribution in [0.4, 0.5) is 0 Å². The third-order valence-electron chi connectivity index (χ3n) is 3.69. The van der Waals surface area contributed by atoms with E-state index >= 15 is 0 Å². The molecule has 122 valence electrons. The van der Waals surface area contributed by atoms with Crippen LogP contribution in [0.15, 0.2) is 53.1 Å². The topological polar surface area (TPSA) is 65.2 Å². The Hall–Kier alpha value is -2.95. The van der Waals surface area contributed by atoms with Crippen LogP contribution in [-0.2, 0) is 13.0 Å². The molecule has 0 aliphatic rings. The van der Waals surface area contributed by atoms with Gasteiger partial charge in [0.15, 0.2) is 12.4 Å². The first kappa shape index (κ1) is 15.9. The highest BCUT2D eigenvalue weighted by molar-refractivity contribution is 5.94. The molecule has 3 aromatic rings. The average Bonchev–Trinajstić information content (AvgIpc) is 3.09. The maximum atomic E-state index is 11.4. The molecule has 0 saturated carbocycles. The first-order valence-corrected chi connectivity index (χ1v) is 7.81. The summed E-state index contributed by atoms with van der Waals surface area (Å²) >= 11 is 0. The smallest absolute Gasteiger partial charge is 0.264 e. The van der Waals surface area contributed by atoms with Crippen LogP contribution in [-0.4, -0.2) is 15.9 Å². The standard InChI is InChI=1S/C19H18N2O3/c1-3-14-7-9-15(10-8-14)19-20-18(24-21-19)12-23-17-6-4-5-16(11-17)13(2)22/h4-11H,3,12H2,1-2H3. The van der Waals surface area contributed by atoms with Crippen LogP contribution in [0, 0.1) is 0 Å². The van der Waals surface area contributed by atoms with Gasteiger partial charge in [-0.2, -0.15) is 4.98 Å². The maximum absolute atomic E-state index is 11.4. The predicted molar refractivity (Wildman–Crippen MR) is 89.9 cm³/mol. The number of aryl methyl sites for hydroxylation is 1. The van der Waals surface area contributed by atoms with E-state index in [1.54, 1.807) is 24.3 Å². The van der Waals surface area contributed by atoms with Crippen molar-refractivity contribution in [3.63, 3.8) is 0 Å². The highest BCUT2D eigenvalue weighted by Crippen LogP contribution is 2.19. The van der Waals surface area contributed by atoms with Crippen LogP contribution in [0.2, 0.25) is 0 Å². The zero-order valence-electron chi connectivity index (χ0n) is 13.7. The van der Waals surface area contributed by atoms with Crippen LogP contribution in [0.3, 0.4) is 0 Å². The molecular formula is C19H18N2O3. The molecule has 0 bridgehead atoms. The van der Waals surface area contributed by atoms with Crippen molar-refractivity contribution in [2.45, 2.75) is 26.9 Å². The summed E-state index contributed by atoms with van der Waals surface area (Å²) < 4.78 is 10.8. The Bertz CT molecular complexity index is 838. The number of rotatable bonds is 6. The number of Topliss-reactive ketones (excluding diaryl/α,β-unsaturated/α-hetero) is 1. The van der Waals surface area contributed by atoms with Crippen LogP contribution in [0.25, 0.3) is 11.4 Å². The molecule has 0 fully saturated rings. The Morgan fingerprint density at radius 3 is 2.67 bits per heavy atom. The lowest BCUT2D eigenvalue weighted by atomic mass is 10.1. The van der Waals surface area contributed by atoms with Crippen molar-refractivity contribution in [1.82, 2.24) is 10.1 Å². The van der Waals surface area contributed by atoms with Gasteiger partial charge in [0, 0.05) is 11.1 Å². The lowest BCUT2D eigenvalue weighted by Crippen LogP contribution is -1.98. The van der Waals surface area contributed by atoms with Crippen molar-refractivity contribution in [3.05, 3.63) is 65.5 Å². The Kier molecular flexibility index (Phi) is 4.70. The third kappa shape index (κ3) is 3.68. The number of carbonyl (C=O) groups is 1. The molecule has 0 amide bonds. The maximum Gasteiger partial charge on any atom is 0.264 e. The van der Waals surface area contributed by atoms with Gasteiger partial charge < -0.3 is 9.26 Å². The van der Waals surface area contributed by atoms with E-state index in [0.29, 0.717) is 23.0 Å². The monoisotopic (exact) mass is 322 g/mol. The molecule has 3 rings (SSSR count). The normalized spacial score (nSPS) is 10.6. The molecule has 5 nitrogen and oxygen atoms in total. The van der Waals surface area contributed by atoms with E-state index in [-0.39, 0.29) is 12.4 Å². The van der Waals surface area contributed by atoms with Crippen molar-refractivity contribution in [3.8, 4) is 17.1 Å². The fourth-order valence-corrected chi connectivity index (χ4v) is 2.27. The zero-order chi connectivity index (χ0) is 16.9. The predicted octanol–water partition coefficient (Wildman–Crippen LogP) is 4.08. The Morgan fingerprint density at radius 1 is 1.17 bits per heavy atom. The van der Waals surface area contributed by atoms with E-state index < -0.39 is 0 Å². The van der Waals surface area contributed by atoms with Gasteiger partial charge in [-0.25, -0.2) is 0 Å². The average molecular weight is 322 g/mol. The Balaban J connectivity index is 1.67. The van der Waals surface area contributed by atoms with Crippen LogP contribution in [0.5, 0.6) is 5.75 Å². The molecule has 0 N–H and O–H groups in total. The first-order chi connectivity index (χ1) is 11.7. The summed E-state index contributed by atoms with van der Waals surface area (Å²) in [6.07, 6.45) is 0.991. The van der Waals surface area contributed by atoms with E-state index in [0.717, 1.165) is 12.0 Å². The van der Waals surface area contributed by atoms with E-state index in [1.165, 1.54) is 12.5 Å². The summed E-state index contributed by atoms with van der Waals surface area (Å²) in [7, 11) is 0. The summed E-state index contributed by atoms with van der Waals surface area (Å²) in [4.78, 5) is 15.7. The fourth-order valence-electron chi connectivity index (χ4n) is 2.27. The summed E-state index contributed by atoms with van der Waals surface area (Å²) in [6.45, 7) is 3.79. The van der Waals surface area contributed by atoms with Gasteiger partial charge in [-0.15, -0.1) is 0 Å². The SMILES string of the molecule is CCc1ccc(-c2noc(COc3cccc(C(C)=O)c3)n2)cc1. The van der Waals surface area contributed by atoms with Crippen LogP contribution >= 0.6 is 0 Å². The summed E-state index contributed by atoms with van der Waals surface area (Å²) in [5.41, 5.74) is 2.77. The molecule has 24 heavy (non-hydrogen) atoms. The zero-order valence-corrected chi connectivity index (χ0v) is 13.7. The second-order valence-corrected chi connectivity index (χ2v) is 5.43. The number of ketones is 1. The number of carbonyl (C=O) groups excluding carboxylic acids is 1. The van der Waals surface area contributed by atoms with Gasteiger partial charge in [-0.05, 0) is 31.0 Å². The van der Waals surface area contributed by atoms with Gasteiger partial charge in [0.25, 0.3) is 5.89 Å². The molecule has 0 aliphatic carbocycles. The van der Waals surface area contributed by atoms with Gasteiger partial charge in [0.05, 0.1) is 0 Å². The minimum Gasteiger partial charge on any atom is -0.484 e. The van der Waals surface area contributed by atoms with E-state index in [1.807, 2.05) is 12.1 Å². The quantitative estimate of drug-likeness (QED) is 0.640. The fraction of sp³-hybridized carbons (Fsp3) is 0.211. The van der Waals surface area contributed by atoms with Crippen molar-refractivity contribution >= 4 is 5.78 Å². The van der Waals surface area contributed by atoms with E-state index in [2.05, 4.69) is 29.2 Å². The Labute approximate surface area is 140 Å². The number of aromatic nitrogens is 2. The number of hydrogen-bond donors (Lipinski definition) is 0. The van der Waals surface area contributed by atoms with Gasteiger partial charge in [-0.3, -0.25) is 4.79 Å². The van der Waals surface area contributed by atoms with Gasteiger partial charge in [0.1, 0.15) is 5.75 Å². The molecule has 5 heteroatoms. The molecule has 1 aromatic heterocycles. The minimum atomic E-state index is -0.00365. The highest BCUT2D eigenvalue weighted by atomic mass is 16.5. The van der Waals surface area contributed by atoms with E-state index in [9.17, 15) is 4.79 Å². The third-order valence-corrected chi connectivity index (χ3v) is 3.69. The number of ether oxygens (including phenoxy) is 1. The Morgan fingerprint density at radius 2 is 1.96 bits per heavy atom. The number of benzene rings is 2. The number of hydrogen-bond acceptors (Lipinski definition) is 5. The molecule has 0 radical (unpaired) electrons. The second kappa shape index (κ2) is 7.08. The molecule has 0 saturated heterocycles. The van der Waals surface area contributed by atoms with E-state index in [4.69, 9.17) is 9.26 Å². The molecule has 2 aromatic carbocycles. The molecule has 1 heterocycles. The number of nitrogens with zero attached hydrogens (tertiary/aromatic N) is 2. The van der Waals surface area contributed by atoms with Crippen LogP contribution < -0.4 is 4.74 Å².